The second kappa shape index (κ2) is 10.1. The Kier molecular flexibility index (Phi) is 7.69. The van der Waals surface area contributed by atoms with Crippen LogP contribution in [0.3, 0.4) is 0 Å². The Morgan fingerprint density at radius 3 is 2.14 bits per heavy atom. The largest absolute Gasteiger partial charge is 0.444 e. The number of rotatable bonds is 6. The Balaban J connectivity index is 1.92. The van der Waals surface area contributed by atoms with Crippen LogP contribution < -0.4 is 5.32 Å². The van der Waals surface area contributed by atoms with Gasteiger partial charge in [-0.15, -0.1) is 0 Å². The van der Waals surface area contributed by atoms with Crippen molar-refractivity contribution in [2.75, 3.05) is 0 Å². The Morgan fingerprint density at radius 2 is 1.59 bits per heavy atom. The molecule has 10 heteroatoms. The SMILES string of the molecule is CC(C)(C)OC(=O)N[C@H](Cc1ccc(-c2cc(Cl)ccc2F)cc1)C(=O)C1(C)C(=O)OC(C)(C)OC1=O. The van der Waals surface area contributed by atoms with Gasteiger partial charge in [0.1, 0.15) is 11.4 Å². The second-order valence-electron chi connectivity index (χ2n) is 10.4. The number of alkyl carbamates (subject to hydrolysis) is 1. The minimum atomic E-state index is -2.31. The predicted molar refractivity (Wildman–Crippen MR) is 133 cm³/mol. The van der Waals surface area contributed by atoms with Crippen LogP contribution in [0.25, 0.3) is 11.1 Å². The number of halogens is 2. The number of hydrogen-bond acceptors (Lipinski definition) is 7. The lowest BCUT2D eigenvalue weighted by molar-refractivity contribution is -0.247. The number of carbonyl (C=O) groups is 4. The number of nitrogens with one attached hydrogen (secondary N) is 1. The summed E-state index contributed by atoms with van der Waals surface area (Å²) in [5, 5.41) is 2.84. The average molecular weight is 534 g/mol. The van der Waals surface area contributed by atoms with E-state index in [1.165, 1.54) is 32.0 Å². The zero-order valence-electron chi connectivity index (χ0n) is 21.4. The summed E-state index contributed by atoms with van der Waals surface area (Å²) in [5.74, 6) is -5.08. The fraction of sp³-hybridized carbons (Fsp3) is 0.407. The van der Waals surface area contributed by atoms with Crippen molar-refractivity contribution in [1.82, 2.24) is 5.32 Å². The fourth-order valence-electron chi connectivity index (χ4n) is 3.74. The minimum absolute atomic E-state index is 0.101. The molecule has 37 heavy (non-hydrogen) atoms. The highest BCUT2D eigenvalue weighted by Crippen LogP contribution is 2.34. The van der Waals surface area contributed by atoms with Crippen LogP contribution in [0.2, 0.25) is 5.02 Å². The van der Waals surface area contributed by atoms with Crippen LogP contribution in [0.5, 0.6) is 0 Å². The van der Waals surface area contributed by atoms with Gasteiger partial charge in [-0.1, -0.05) is 35.9 Å². The van der Waals surface area contributed by atoms with E-state index in [9.17, 15) is 23.6 Å². The van der Waals surface area contributed by atoms with Gasteiger partial charge in [0.25, 0.3) is 5.79 Å². The van der Waals surface area contributed by atoms with Gasteiger partial charge in [0.2, 0.25) is 5.41 Å². The van der Waals surface area contributed by atoms with Crippen LogP contribution in [0, 0.1) is 11.2 Å². The Bertz CT molecular complexity index is 1210. The molecule has 0 spiro atoms. The minimum Gasteiger partial charge on any atom is -0.444 e. The van der Waals surface area contributed by atoms with Gasteiger partial charge in [0.15, 0.2) is 5.78 Å². The normalized spacial score (nSPS) is 17.3. The number of ketones is 1. The molecule has 0 aliphatic carbocycles. The van der Waals surface area contributed by atoms with E-state index in [0.717, 1.165) is 6.92 Å². The van der Waals surface area contributed by atoms with Crippen molar-refractivity contribution in [3.8, 4) is 11.1 Å². The lowest BCUT2D eigenvalue weighted by Crippen LogP contribution is -2.61. The summed E-state index contributed by atoms with van der Waals surface area (Å²) in [6.45, 7) is 8.79. The van der Waals surface area contributed by atoms with Crippen LogP contribution in [-0.4, -0.2) is 41.2 Å². The van der Waals surface area contributed by atoms with Crippen LogP contribution in [0.1, 0.15) is 47.1 Å². The van der Waals surface area contributed by atoms with Gasteiger partial charge >= 0.3 is 18.0 Å². The van der Waals surface area contributed by atoms with Gasteiger partial charge in [-0.05, 0) is 63.4 Å². The van der Waals surface area contributed by atoms with E-state index in [2.05, 4.69) is 5.32 Å². The molecule has 3 rings (SSSR count). The van der Waals surface area contributed by atoms with Crippen molar-refractivity contribution in [3.05, 3.63) is 58.9 Å². The maximum atomic E-state index is 14.3. The molecule has 1 aliphatic heterocycles. The molecule has 1 saturated heterocycles. The maximum absolute atomic E-state index is 14.3. The lowest BCUT2D eigenvalue weighted by atomic mass is 9.79. The van der Waals surface area contributed by atoms with Crippen LogP contribution >= 0.6 is 11.6 Å². The van der Waals surface area contributed by atoms with Gasteiger partial charge in [-0.2, -0.15) is 0 Å². The topological polar surface area (TPSA) is 108 Å². The summed E-state index contributed by atoms with van der Waals surface area (Å²) in [6, 6.07) is 9.37. The Hall–Kier alpha value is -3.46. The summed E-state index contributed by atoms with van der Waals surface area (Å²) < 4.78 is 29.9. The molecule has 8 nitrogen and oxygen atoms in total. The first-order valence-corrected chi connectivity index (χ1v) is 11.9. The molecule has 1 N–H and O–H groups in total. The van der Waals surface area contributed by atoms with Gasteiger partial charge < -0.3 is 19.5 Å². The van der Waals surface area contributed by atoms with Crippen molar-refractivity contribution in [2.45, 2.75) is 65.4 Å². The van der Waals surface area contributed by atoms with E-state index >= 15 is 0 Å². The Morgan fingerprint density at radius 1 is 1.03 bits per heavy atom. The fourth-order valence-corrected chi connectivity index (χ4v) is 3.91. The summed E-state index contributed by atoms with van der Waals surface area (Å²) in [4.78, 5) is 51.7. The zero-order valence-corrected chi connectivity index (χ0v) is 22.2. The quantitative estimate of drug-likeness (QED) is 0.411. The second-order valence-corrected chi connectivity index (χ2v) is 10.8. The standard InChI is InChI=1S/C27H29ClFNO7/c1-25(2,3)37-24(34)30-20(21(31)27(6)22(32)35-26(4,5)36-23(27)33)13-15-7-9-16(10-8-15)18-14-17(28)11-12-19(18)29/h7-12,14,20H,13H2,1-6H3,(H,30,34)/t20-/m1/s1. The van der Waals surface area contributed by atoms with Crippen molar-refractivity contribution in [2.24, 2.45) is 5.41 Å². The summed E-state index contributed by atoms with van der Waals surface area (Å²) >= 11 is 5.99. The molecule has 0 aromatic heterocycles. The smallest absolute Gasteiger partial charge is 0.408 e. The number of amides is 1. The van der Waals surface area contributed by atoms with E-state index in [4.69, 9.17) is 25.8 Å². The molecule has 2 aromatic rings. The molecule has 1 fully saturated rings. The first kappa shape index (κ1) is 28.1. The van der Waals surface area contributed by atoms with Gasteiger partial charge in [0, 0.05) is 24.4 Å². The summed E-state index contributed by atoms with van der Waals surface area (Å²) in [5.41, 5.74) is -1.78. The third-order valence-electron chi connectivity index (χ3n) is 5.63. The van der Waals surface area contributed by atoms with Crippen molar-refractivity contribution >= 4 is 35.4 Å². The zero-order chi connectivity index (χ0) is 27.8. The molecule has 0 radical (unpaired) electrons. The highest BCUT2D eigenvalue weighted by molar-refractivity contribution is 6.30. The van der Waals surface area contributed by atoms with Crippen molar-refractivity contribution in [1.29, 1.82) is 0 Å². The van der Waals surface area contributed by atoms with E-state index in [1.54, 1.807) is 45.0 Å². The molecule has 0 saturated carbocycles. The van der Waals surface area contributed by atoms with E-state index in [-0.39, 0.29) is 6.42 Å². The molecule has 1 amide bonds. The third kappa shape index (κ3) is 6.46. The molecule has 1 aliphatic rings. The number of hydrogen-bond donors (Lipinski definition) is 1. The van der Waals surface area contributed by atoms with E-state index in [0.29, 0.717) is 21.7 Å². The predicted octanol–water partition coefficient (Wildman–Crippen LogP) is 4.99. The molecular formula is C27H29ClFNO7. The van der Waals surface area contributed by atoms with Gasteiger partial charge in [-0.25, -0.2) is 9.18 Å². The molecule has 2 aromatic carbocycles. The average Bonchev–Trinajstić information content (AvgIpc) is 2.77. The monoisotopic (exact) mass is 533 g/mol. The van der Waals surface area contributed by atoms with Crippen molar-refractivity contribution < 1.29 is 37.8 Å². The van der Waals surface area contributed by atoms with Gasteiger partial charge in [-0.3, -0.25) is 14.4 Å². The summed E-state index contributed by atoms with van der Waals surface area (Å²) in [7, 11) is 0. The number of benzene rings is 2. The number of cyclic esters (lactones) is 2. The molecule has 0 bridgehead atoms. The van der Waals surface area contributed by atoms with Crippen LogP contribution in [-0.2, 0) is 35.0 Å². The highest BCUT2D eigenvalue weighted by Gasteiger charge is 2.59. The first-order chi connectivity index (χ1) is 17.0. The van der Waals surface area contributed by atoms with E-state index in [1.807, 2.05) is 0 Å². The Labute approximate surface area is 219 Å². The molecule has 1 atom stereocenters. The third-order valence-corrected chi connectivity index (χ3v) is 5.86. The first-order valence-electron chi connectivity index (χ1n) is 11.6. The molecular weight excluding hydrogens is 505 g/mol. The van der Waals surface area contributed by atoms with Gasteiger partial charge in [0.05, 0.1) is 6.04 Å². The van der Waals surface area contributed by atoms with Crippen LogP contribution in [0.15, 0.2) is 42.5 Å². The molecule has 1 heterocycles. The summed E-state index contributed by atoms with van der Waals surface area (Å²) in [6.07, 6.45) is -1.01. The van der Waals surface area contributed by atoms with Crippen LogP contribution in [0.4, 0.5) is 9.18 Å². The lowest BCUT2D eigenvalue weighted by Gasteiger charge is -2.38. The van der Waals surface area contributed by atoms with Crippen molar-refractivity contribution in [3.63, 3.8) is 0 Å². The molecule has 0 unspecified atom stereocenters. The number of carbonyl (C=O) groups excluding carboxylic acids is 4. The van der Waals surface area contributed by atoms with E-state index < -0.39 is 52.5 Å². The maximum Gasteiger partial charge on any atom is 0.408 e. The number of esters is 2. The number of ether oxygens (including phenoxy) is 3. The number of Topliss-reactive ketones (excluding diaryl/α,β-unsaturated/α-hetero) is 1. The highest BCUT2D eigenvalue weighted by atomic mass is 35.5. The molecule has 198 valence electrons.